The maximum atomic E-state index is 12.4. The Kier molecular flexibility index (Phi) is 4.72. The van der Waals surface area contributed by atoms with Gasteiger partial charge >= 0.3 is 0 Å². The minimum atomic E-state index is -0.103. The van der Waals surface area contributed by atoms with Crippen molar-refractivity contribution < 1.29 is 9.59 Å². The van der Waals surface area contributed by atoms with Gasteiger partial charge in [-0.3, -0.25) is 9.59 Å². The van der Waals surface area contributed by atoms with Crippen LogP contribution in [0.4, 0.5) is 0 Å². The number of hydrogen-bond donors (Lipinski definition) is 1. The van der Waals surface area contributed by atoms with Gasteiger partial charge in [0.15, 0.2) is 0 Å². The molecule has 0 aliphatic heterocycles. The van der Waals surface area contributed by atoms with Crippen molar-refractivity contribution in [3.63, 3.8) is 0 Å². The van der Waals surface area contributed by atoms with E-state index in [4.69, 9.17) is 0 Å². The maximum Gasteiger partial charge on any atom is 0.224 e. The standard InChI is InChI=1S/C17H21NO2/c1-3-5-6-10-13-12-9-7-8-11-14(12)17(20)16(13)18-15(19)4-2/h7-9,11H,3-6,10H2,1-2H3,(H,18,19,20). The van der Waals surface area contributed by atoms with Crippen molar-refractivity contribution in [1.29, 1.82) is 0 Å². The van der Waals surface area contributed by atoms with Crippen LogP contribution < -0.4 is 5.32 Å². The molecule has 0 unspecified atom stereocenters. The van der Waals surface area contributed by atoms with E-state index in [1.54, 1.807) is 6.92 Å². The summed E-state index contributed by atoms with van der Waals surface area (Å²) in [4.78, 5) is 24.1. The molecule has 1 aliphatic carbocycles. The Hall–Kier alpha value is -1.90. The summed E-state index contributed by atoms with van der Waals surface area (Å²) in [6.07, 6.45) is 4.54. The molecular formula is C17H21NO2. The number of fused-ring (bicyclic) bond motifs is 1. The molecule has 1 N–H and O–H groups in total. The summed E-state index contributed by atoms with van der Waals surface area (Å²) in [5.41, 5.74) is 3.19. The smallest absolute Gasteiger partial charge is 0.224 e. The number of amides is 1. The quantitative estimate of drug-likeness (QED) is 0.802. The predicted molar refractivity (Wildman–Crippen MR) is 80.3 cm³/mol. The van der Waals surface area contributed by atoms with Gasteiger partial charge in [0.1, 0.15) is 0 Å². The number of ketones is 1. The molecule has 0 atom stereocenters. The van der Waals surface area contributed by atoms with Crippen molar-refractivity contribution in [2.45, 2.75) is 46.0 Å². The molecule has 1 aromatic rings. The number of hydrogen-bond acceptors (Lipinski definition) is 2. The van der Waals surface area contributed by atoms with Crippen LogP contribution in [0.25, 0.3) is 5.57 Å². The largest absolute Gasteiger partial charge is 0.323 e. The zero-order valence-electron chi connectivity index (χ0n) is 12.2. The lowest BCUT2D eigenvalue weighted by molar-refractivity contribution is -0.120. The molecule has 0 fully saturated rings. The molecule has 0 radical (unpaired) electrons. The second-order valence-corrected chi connectivity index (χ2v) is 5.09. The zero-order valence-corrected chi connectivity index (χ0v) is 12.2. The summed E-state index contributed by atoms with van der Waals surface area (Å²) < 4.78 is 0. The van der Waals surface area contributed by atoms with Crippen LogP contribution in [-0.4, -0.2) is 11.7 Å². The van der Waals surface area contributed by atoms with Gasteiger partial charge in [-0.15, -0.1) is 0 Å². The second kappa shape index (κ2) is 6.51. The Balaban J connectivity index is 2.33. The predicted octanol–water partition coefficient (Wildman–Crippen LogP) is 3.70. The van der Waals surface area contributed by atoms with Crippen LogP contribution in [0.15, 0.2) is 30.0 Å². The normalized spacial score (nSPS) is 13.6. The molecule has 106 valence electrons. The molecule has 0 aromatic heterocycles. The zero-order chi connectivity index (χ0) is 14.5. The monoisotopic (exact) mass is 271 g/mol. The molecule has 3 heteroatoms. The van der Waals surface area contributed by atoms with E-state index < -0.39 is 0 Å². The summed E-state index contributed by atoms with van der Waals surface area (Å²) in [7, 11) is 0. The van der Waals surface area contributed by atoms with Crippen molar-refractivity contribution in [1.82, 2.24) is 5.32 Å². The SMILES string of the molecule is CCCCCC1=C(NC(=O)CC)C(=O)c2ccccc21. The van der Waals surface area contributed by atoms with Gasteiger partial charge in [-0.1, -0.05) is 51.0 Å². The van der Waals surface area contributed by atoms with Crippen molar-refractivity contribution >= 4 is 17.3 Å². The van der Waals surface area contributed by atoms with E-state index in [9.17, 15) is 9.59 Å². The second-order valence-electron chi connectivity index (χ2n) is 5.09. The molecule has 0 spiro atoms. The third-order valence-electron chi connectivity index (χ3n) is 3.64. The fourth-order valence-corrected chi connectivity index (χ4v) is 2.52. The summed E-state index contributed by atoms with van der Waals surface area (Å²) in [5, 5.41) is 2.79. The summed E-state index contributed by atoms with van der Waals surface area (Å²) in [6.45, 7) is 3.95. The first-order chi connectivity index (χ1) is 9.69. The highest BCUT2D eigenvalue weighted by molar-refractivity contribution is 6.21. The van der Waals surface area contributed by atoms with Crippen molar-refractivity contribution in [2.24, 2.45) is 0 Å². The minimum absolute atomic E-state index is 0.0473. The first-order valence-electron chi connectivity index (χ1n) is 7.36. The van der Waals surface area contributed by atoms with E-state index in [-0.39, 0.29) is 11.7 Å². The molecule has 3 nitrogen and oxygen atoms in total. The van der Waals surface area contributed by atoms with Crippen LogP contribution in [0.1, 0.15) is 61.9 Å². The molecule has 1 aliphatic rings. The minimum Gasteiger partial charge on any atom is -0.323 e. The molecule has 20 heavy (non-hydrogen) atoms. The van der Waals surface area contributed by atoms with Crippen LogP contribution in [0.2, 0.25) is 0 Å². The van der Waals surface area contributed by atoms with Crippen LogP contribution in [0.3, 0.4) is 0 Å². The lowest BCUT2D eigenvalue weighted by atomic mass is 10.0. The third kappa shape index (κ3) is 2.82. The highest BCUT2D eigenvalue weighted by atomic mass is 16.2. The molecule has 0 saturated heterocycles. The van der Waals surface area contributed by atoms with Crippen molar-refractivity contribution in [2.75, 3.05) is 0 Å². The molecule has 0 bridgehead atoms. The number of unbranched alkanes of at least 4 members (excludes halogenated alkanes) is 2. The van der Waals surface area contributed by atoms with Crippen LogP contribution >= 0.6 is 0 Å². The number of carbonyl (C=O) groups is 2. The van der Waals surface area contributed by atoms with Gasteiger partial charge in [0.25, 0.3) is 0 Å². The molecule has 0 heterocycles. The van der Waals surface area contributed by atoms with E-state index in [0.29, 0.717) is 17.7 Å². The van der Waals surface area contributed by atoms with E-state index in [1.165, 1.54) is 0 Å². The fourth-order valence-electron chi connectivity index (χ4n) is 2.52. The average molecular weight is 271 g/mol. The first kappa shape index (κ1) is 14.5. The van der Waals surface area contributed by atoms with Gasteiger partial charge in [-0.2, -0.15) is 0 Å². The summed E-state index contributed by atoms with van der Waals surface area (Å²) in [6, 6.07) is 7.61. The molecule has 0 saturated carbocycles. The Morgan fingerprint density at radius 3 is 2.45 bits per heavy atom. The molecule has 1 amide bonds. The molecule has 1 aromatic carbocycles. The van der Waals surface area contributed by atoms with Gasteiger partial charge in [-0.25, -0.2) is 0 Å². The number of allylic oxidation sites excluding steroid dienone is 2. The fraction of sp³-hybridized carbons (Fsp3) is 0.412. The summed E-state index contributed by atoms with van der Waals surface area (Å²) in [5.74, 6) is -0.150. The Morgan fingerprint density at radius 1 is 1.10 bits per heavy atom. The lowest BCUT2D eigenvalue weighted by Crippen LogP contribution is -2.25. The molecule has 2 rings (SSSR count). The third-order valence-corrected chi connectivity index (χ3v) is 3.64. The highest BCUT2D eigenvalue weighted by Crippen LogP contribution is 2.34. The number of rotatable bonds is 6. The van der Waals surface area contributed by atoms with Crippen molar-refractivity contribution in [3.8, 4) is 0 Å². The topological polar surface area (TPSA) is 46.2 Å². The van der Waals surface area contributed by atoms with E-state index in [2.05, 4.69) is 12.2 Å². The number of carbonyl (C=O) groups excluding carboxylic acids is 2. The Morgan fingerprint density at radius 2 is 1.80 bits per heavy atom. The Bertz CT molecular complexity index is 558. The van der Waals surface area contributed by atoms with E-state index >= 15 is 0 Å². The van der Waals surface area contributed by atoms with Gasteiger partial charge in [0, 0.05) is 12.0 Å². The number of benzene rings is 1. The van der Waals surface area contributed by atoms with Crippen molar-refractivity contribution in [3.05, 3.63) is 41.1 Å². The van der Waals surface area contributed by atoms with E-state index in [0.717, 1.165) is 36.8 Å². The average Bonchev–Trinajstić information content (AvgIpc) is 2.73. The number of nitrogens with one attached hydrogen (secondary N) is 1. The van der Waals surface area contributed by atoms with Gasteiger partial charge < -0.3 is 5.32 Å². The van der Waals surface area contributed by atoms with Crippen LogP contribution in [0, 0.1) is 0 Å². The molecular weight excluding hydrogens is 250 g/mol. The Labute approximate surface area is 120 Å². The van der Waals surface area contributed by atoms with Crippen LogP contribution in [0.5, 0.6) is 0 Å². The lowest BCUT2D eigenvalue weighted by Gasteiger charge is -2.08. The van der Waals surface area contributed by atoms with Gasteiger partial charge in [0.05, 0.1) is 5.70 Å². The van der Waals surface area contributed by atoms with Crippen LogP contribution in [-0.2, 0) is 4.79 Å². The van der Waals surface area contributed by atoms with Gasteiger partial charge in [-0.05, 0) is 24.0 Å². The van der Waals surface area contributed by atoms with Gasteiger partial charge in [0.2, 0.25) is 11.7 Å². The van der Waals surface area contributed by atoms with E-state index in [1.807, 2.05) is 24.3 Å². The first-order valence-corrected chi connectivity index (χ1v) is 7.36. The number of Topliss-reactive ketones (excluding diaryl/α,β-unsaturated/α-hetero) is 1. The highest BCUT2D eigenvalue weighted by Gasteiger charge is 2.29. The maximum absolute atomic E-state index is 12.4. The summed E-state index contributed by atoms with van der Waals surface area (Å²) >= 11 is 0.